The van der Waals surface area contributed by atoms with E-state index in [1.165, 1.54) is 11.1 Å². The summed E-state index contributed by atoms with van der Waals surface area (Å²) in [6.45, 7) is 7.99. The number of morpholine rings is 1. The highest BCUT2D eigenvalue weighted by Gasteiger charge is 2.27. The fourth-order valence-electron chi connectivity index (χ4n) is 3.91. The Morgan fingerprint density at radius 2 is 1.62 bits per heavy atom. The second-order valence-corrected chi connectivity index (χ2v) is 9.66. The summed E-state index contributed by atoms with van der Waals surface area (Å²) in [5.41, 5.74) is 2.72. The van der Waals surface area contributed by atoms with Crippen LogP contribution >= 0.6 is 0 Å². The first-order valence-corrected chi connectivity index (χ1v) is 11.5. The van der Waals surface area contributed by atoms with Gasteiger partial charge in [-0.25, -0.2) is 12.7 Å². The predicted molar refractivity (Wildman–Crippen MR) is 105 cm³/mol. The van der Waals surface area contributed by atoms with Crippen LogP contribution in [0.1, 0.15) is 37.3 Å². The van der Waals surface area contributed by atoms with Crippen LogP contribution in [-0.4, -0.2) is 62.8 Å². The van der Waals surface area contributed by atoms with Crippen molar-refractivity contribution in [3.8, 4) is 0 Å². The number of benzene rings is 1. The van der Waals surface area contributed by atoms with Crippen molar-refractivity contribution in [3.05, 3.63) is 35.4 Å². The van der Waals surface area contributed by atoms with Crippen LogP contribution in [0.15, 0.2) is 24.3 Å². The molecule has 1 aromatic carbocycles. The molecule has 6 heteroatoms. The normalized spacial score (nSPS) is 21.1. The molecular formula is C20H32N2O3S. The lowest BCUT2D eigenvalue weighted by Gasteiger charge is -2.31. The van der Waals surface area contributed by atoms with Crippen LogP contribution in [0, 0.1) is 5.92 Å². The third-order valence-electron chi connectivity index (χ3n) is 5.49. The van der Waals surface area contributed by atoms with E-state index in [2.05, 4.69) is 29.2 Å². The summed E-state index contributed by atoms with van der Waals surface area (Å²) < 4.78 is 31.4. The van der Waals surface area contributed by atoms with Crippen molar-refractivity contribution < 1.29 is 13.2 Å². The van der Waals surface area contributed by atoms with Crippen molar-refractivity contribution in [2.24, 2.45) is 5.92 Å². The molecule has 2 aliphatic heterocycles. The van der Waals surface area contributed by atoms with Gasteiger partial charge in [-0.15, -0.1) is 0 Å². The molecule has 0 atom stereocenters. The number of piperidine rings is 1. The Bertz CT molecular complexity index is 646. The van der Waals surface area contributed by atoms with Crippen molar-refractivity contribution in [3.63, 3.8) is 0 Å². The van der Waals surface area contributed by atoms with E-state index in [9.17, 15) is 8.42 Å². The van der Waals surface area contributed by atoms with Crippen molar-refractivity contribution in [2.45, 2.75) is 39.2 Å². The minimum atomic E-state index is -3.03. The van der Waals surface area contributed by atoms with Gasteiger partial charge in [-0.3, -0.25) is 4.90 Å². The maximum Gasteiger partial charge on any atom is 0.214 e. The first-order chi connectivity index (χ1) is 12.6. The molecule has 5 nitrogen and oxygen atoms in total. The Morgan fingerprint density at radius 3 is 2.23 bits per heavy atom. The van der Waals surface area contributed by atoms with E-state index in [4.69, 9.17) is 4.74 Å². The van der Waals surface area contributed by atoms with Crippen LogP contribution < -0.4 is 0 Å². The van der Waals surface area contributed by atoms with Crippen LogP contribution in [0.2, 0.25) is 0 Å². The fraction of sp³-hybridized carbons (Fsp3) is 0.700. The molecule has 0 spiro atoms. The van der Waals surface area contributed by atoms with Gasteiger partial charge in [0, 0.05) is 32.7 Å². The van der Waals surface area contributed by atoms with Gasteiger partial charge in [-0.2, -0.15) is 0 Å². The van der Waals surface area contributed by atoms with Gasteiger partial charge >= 0.3 is 0 Å². The zero-order valence-electron chi connectivity index (χ0n) is 15.9. The van der Waals surface area contributed by atoms with Gasteiger partial charge in [-0.05, 0) is 42.7 Å². The quantitative estimate of drug-likeness (QED) is 0.729. The average molecular weight is 381 g/mol. The first-order valence-electron chi connectivity index (χ1n) is 9.92. The summed E-state index contributed by atoms with van der Waals surface area (Å²) >= 11 is 0. The zero-order chi connectivity index (χ0) is 18.4. The summed E-state index contributed by atoms with van der Waals surface area (Å²) in [6.07, 6.45) is 3.69. The highest BCUT2D eigenvalue weighted by molar-refractivity contribution is 7.89. The van der Waals surface area contributed by atoms with E-state index < -0.39 is 10.0 Å². The summed E-state index contributed by atoms with van der Waals surface area (Å²) in [5, 5.41) is 0. The lowest BCUT2D eigenvalue weighted by molar-refractivity contribution is 0.0342. The smallest absolute Gasteiger partial charge is 0.214 e. The standard InChI is InChI=1S/C20H32N2O3S/c1-2-15-26(23,24)22-9-7-19(8-10-22)16-18-3-5-20(6-4-18)17-21-11-13-25-14-12-21/h3-6,19H,2,7-17H2,1H3. The minimum Gasteiger partial charge on any atom is -0.379 e. The van der Waals surface area contributed by atoms with Gasteiger partial charge in [0.15, 0.2) is 0 Å². The second-order valence-electron chi connectivity index (χ2n) is 7.57. The molecule has 0 amide bonds. The zero-order valence-corrected chi connectivity index (χ0v) is 16.7. The van der Waals surface area contributed by atoms with Crippen LogP contribution in [0.4, 0.5) is 0 Å². The van der Waals surface area contributed by atoms with Gasteiger partial charge in [0.1, 0.15) is 0 Å². The number of sulfonamides is 1. The molecule has 0 aromatic heterocycles. The molecule has 2 heterocycles. The van der Waals surface area contributed by atoms with Crippen LogP contribution in [-0.2, 0) is 27.7 Å². The molecule has 2 saturated heterocycles. The summed E-state index contributed by atoms with van der Waals surface area (Å²) in [4.78, 5) is 2.44. The highest BCUT2D eigenvalue weighted by Crippen LogP contribution is 2.24. The van der Waals surface area contributed by atoms with Crippen molar-refractivity contribution in [2.75, 3.05) is 45.1 Å². The van der Waals surface area contributed by atoms with Gasteiger partial charge < -0.3 is 4.74 Å². The van der Waals surface area contributed by atoms with E-state index in [1.54, 1.807) is 4.31 Å². The first kappa shape index (κ1) is 19.8. The topological polar surface area (TPSA) is 49.9 Å². The van der Waals surface area contributed by atoms with E-state index in [1.807, 2.05) is 6.92 Å². The van der Waals surface area contributed by atoms with Crippen molar-refractivity contribution >= 4 is 10.0 Å². The minimum absolute atomic E-state index is 0.280. The number of rotatable bonds is 7. The molecule has 1 aromatic rings. The molecule has 2 fully saturated rings. The number of hydrogen-bond acceptors (Lipinski definition) is 4. The maximum atomic E-state index is 12.2. The molecule has 0 saturated carbocycles. The monoisotopic (exact) mass is 380 g/mol. The summed E-state index contributed by atoms with van der Waals surface area (Å²) in [7, 11) is -3.03. The molecule has 146 valence electrons. The maximum absolute atomic E-state index is 12.2. The SMILES string of the molecule is CCCS(=O)(=O)N1CCC(Cc2ccc(CN3CCOCC3)cc2)CC1. The van der Waals surface area contributed by atoms with E-state index >= 15 is 0 Å². The summed E-state index contributed by atoms with van der Waals surface area (Å²) in [6, 6.07) is 8.98. The van der Waals surface area contributed by atoms with Gasteiger partial charge in [0.05, 0.1) is 19.0 Å². The molecule has 0 radical (unpaired) electrons. The van der Waals surface area contributed by atoms with Crippen LogP contribution in [0.3, 0.4) is 0 Å². The van der Waals surface area contributed by atoms with E-state index in [0.29, 0.717) is 25.4 Å². The van der Waals surface area contributed by atoms with E-state index in [0.717, 1.165) is 52.1 Å². The molecular weight excluding hydrogens is 348 g/mol. The fourth-order valence-corrected chi connectivity index (χ4v) is 5.45. The van der Waals surface area contributed by atoms with Crippen molar-refractivity contribution in [1.82, 2.24) is 9.21 Å². The third kappa shape index (κ3) is 5.52. The predicted octanol–water partition coefficient (Wildman–Crippen LogP) is 2.51. The molecule has 26 heavy (non-hydrogen) atoms. The third-order valence-corrected chi connectivity index (χ3v) is 7.56. The Morgan fingerprint density at radius 1 is 1.00 bits per heavy atom. The molecule has 0 N–H and O–H groups in total. The average Bonchev–Trinajstić information content (AvgIpc) is 2.65. The molecule has 3 rings (SSSR count). The lowest BCUT2D eigenvalue weighted by atomic mass is 9.91. The van der Waals surface area contributed by atoms with Crippen LogP contribution in [0.25, 0.3) is 0 Å². The van der Waals surface area contributed by atoms with Gasteiger partial charge in [0.25, 0.3) is 0 Å². The Balaban J connectivity index is 1.46. The largest absolute Gasteiger partial charge is 0.379 e. The molecule has 0 unspecified atom stereocenters. The Labute approximate surface area is 158 Å². The van der Waals surface area contributed by atoms with Gasteiger partial charge in [0.2, 0.25) is 10.0 Å². The molecule has 2 aliphatic rings. The second kappa shape index (κ2) is 9.31. The summed E-state index contributed by atoms with van der Waals surface area (Å²) in [5.74, 6) is 0.871. The number of hydrogen-bond donors (Lipinski definition) is 0. The van der Waals surface area contributed by atoms with E-state index in [-0.39, 0.29) is 5.75 Å². The Kier molecular flexibility index (Phi) is 7.09. The van der Waals surface area contributed by atoms with Gasteiger partial charge in [-0.1, -0.05) is 31.2 Å². The number of ether oxygens (including phenoxy) is 1. The highest BCUT2D eigenvalue weighted by atomic mass is 32.2. The lowest BCUT2D eigenvalue weighted by Crippen LogP contribution is -2.40. The van der Waals surface area contributed by atoms with Crippen molar-refractivity contribution in [1.29, 1.82) is 0 Å². The Hall–Kier alpha value is -0.950. The molecule has 0 bridgehead atoms. The van der Waals surface area contributed by atoms with Crippen LogP contribution in [0.5, 0.6) is 0 Å². The number of nitrogens with zero attached hydrogens (tertiary/aromatic N) is 2. The molecule has 0 aliphatic carbocycles.